The van der Waals surface area contributed by atoms with Crippen LogP contribution in [-0.2, 0) is 14.8 Å². The highest BCUT2D eigenvalue weighted by atomic mass is 32.2. The first-order chi connectivity index (χ1) is 11.7. The van der Waals surface area contributed by atoms with Crippen molar-refractivity contribution in [1.82, 2.24) is 9.71 Å². The molecule has 0 spiro atoms. The molecule has 0 unspecified atom stereocenters. The number of sulfonamides is 1. The third-order valence-corrected chi connectivity index (χ3v) is 5.00. The Kier molecular flexibility index (Phi) is 5.86. The van der Waals surface area contributed by atoms with Gasteiger partial charge in [-0.3, -0.25) is 4.79 Å². The van der Waals surface area contributed by atoms with Crippen molar-refractivity contribution in [2.24, 2.45) is 5.92 Å². The first-order valence-corrected chi connectivity index (χ1v) is 9.19. The van der Waals surface area contributed by atoms with Gasteiger partial charge in [0.25, 0.3) is 0 Å². The van der Waals surface area contributed by atoms with E-state index in [2.05, 4.69) is 15.0 Å². The van der Waals surface area contributed by atoms with Gasteiger partial charge in [0.05, 0.1) is 0 Å². The van der Waals surface area contributed by atoms with E-state index in [9.17, 15) is 17.6 Å². The highest BCUT2D eigenvalue weighted by Crippen LogP contribution is 2.16. The molecule has 0 radical (unpaired) electrons. The van der Waals surface area contributed by atoms with E-state index in [1.165, 1.54) is 12.1 Å². The van der Waals surface area contributed by atoms with E-state index in [1.807, 2.05) is 6.92 Å². The number of nitrogens with one attached hydrogen (secondary N) is 2. The molecular formula is C17H20FN3O3S. The average Bonchev–Trinajstić information content (AvgIpc) is 2.52. The number of nitrogens with zero attached hydrogens (tertiary/aromatic N) is 1. The molecular weight excluding hydrogens is 345 g/mol. The van der Waals surface area contributed by atoms with Crippen molar-refractivity contribution in [2.75, 3.05) is 5.32 Å². The van der Waals surface area contributed by atoms with Crippen LogP contribution >= 0.6 is 0 Å². The molecule has 0 bridgehead atoms. The fourth-order valence-corrected chi connectivity index (χ4v) is 3.62. The highest BCUT2D eigenvalue weighted by Gasteiger charge is 2.30. The van der Waals surface area contributed by atoms with E-state index >= 15 is 0 Å². The maximum atomic E-state index is 13.8. The lowest BCUT2D eigenvalue weighted by Gasteiger charge is -2.21. The first-order valence-electron chi connectivity index (χ1n) is 7.71. The minimum Gasteiger partial charge on any atom is -0.309 e. The number of halogens is 1. The molecule has 1 amide bonds. The number of aryl methyl sites for hydroxylation is 1. The van der Waals surface area contributed by atoms with E-state index in [4.69, 9.17) is 0 Å². The third kappa shape index (κ3) is 4.83. The fraction of sp³-hybridized carbons (Fsp3) is 0.294. The zero-order valence-electron chi connectivity index (χ0n) is 14.2. The number of carbonyl (C=O) groups excluding carboxylic acids is 1. The Morgan fingerprint density at radius 1 is 1.20 bits per heavy atom. The van der Waals surface area contributed by atoms with Crippen molar-refractivity contribution in [3.8, 4) is 0 Å². The second kappa shape index (κ2) is 7.71. The van der Waals surface area contributed by atoms with Crippen LogP contribution in [-0.4, -0.2) is 25.4 Å². The Morgan fingerprint density at radius 2 is 1.88 bits per heavy atom. The molecule has 2 aromatic rings. The Labute approximate surface area is 146 Å². The van der Waals surface area contributed by atoms with Crippen LogP contribution in [0.5, 0.6) is 0 Å². The molecule has 0 saturated heterocycles. The van der Waals surface area contributed by atoms with Gasteiger partial charge < -0.3 is 5.32 Å². The van der Waals surface area contributed by atoms with Gasteiger partial charge in [0, 0.05) is 6.20 Å². The highest BCUT2D eigenvalue weighted by molar-refractivity contribution is 7.89. The lowest BCUT2D eigenvalue weighted by Crippen LogP contribution is -2.47. The molecule has 1 aromatic carbocycles. The summed E-state index contributed by atoms with van der Waals surface area (Å²) in [6, 6.07) is 7.37. The summed E-state index contributed by atoms with van der Waals surface area (Å²) < 4.78 is 40.9. The van der Waals surface area contributed by atoms with Crippen molar-refractivity contribution in [3.63, 3.8) is 0 Å². The predicted molar refractivity (Wildman–Crippen MR) is 93.0 cm³/mol. The number of benzene rings is 1. The summed E-state index contributed by atoms with van der Waals surface area (Å²) in [5.41, 5.74) is 0.901. The summed E-state index contributed by atoms with van der Waals surface area (Å²) in [4.78, 5) is 16.0. The second-order valence-corrected chi connectivity index (χ2v) is 7.66. The van der Waals surface area contributed by atoms with Crippen LogP contribution in [0.3, 0.4) is 0 Å². The van der Waals surface area contributed by atoms with Gasteiger partial charge in [-0.25, -0.2) is 17.8 Å². The van der Waals surface area contributed by atoms with E-state index in [0.717, 1.165) is 17.7 Å². The number of aromatic nitrogens is 1. The van der Waals surface area contributed by atoms with Gasteiger partial charge in [0.2, 0.25) is 15.9 Å². The Hall–Kier alpha value is -2.32. The topological polar surface area (TPSA) is 88.2 Å². The molecule has 0 aliphatic carbocycles. The molecule has 134 valence electrons. The molecule has 1 atom stereocenters. The molecule has 2 N–H and O–H groups in total. The van der Waals surface area contributed by atoms with Crippen LogP contribution < -0.4 is 10.0 Å². The van der Waals surface area contributed by atoms with Crippen LogP contribution in [0.2, 0.25) is 0 Å². The number of carbonyl (C=O) groups is 1. The largest absolute Gasteiger partial charge is 0.309 e. The second-order valence-electron chi connectivity index (χ2n) is 5.98. The molecule has 2 rings (SSSR count). The zero-order valence-corrected chi connectivity index (χ0v) is 15.0. The minimum absolute atomic E-state index is 0.320. The van der Waals surface area contributed by atoms with Crippen LogP contribution in [0.1, 0.15) is 19.4 Å². The SMILES string of the molecule is Cc1ccnc(NC(=O)[C@@H](NS(=O)(=O)c2ccccc2F)C(C)C)c1. The van der Waals surface area contributed by atoms with Crippen LogP contribution in [0.15, 0.2) is 47.5 Å². The first kappa shape index (κ1) is 19.0. The van der Waals surface area contributed by atoms with Crippen molar-refractivity contribution >= 4 is 21.7 Å². The summed E-state index contributed by atoms with van der Waals surface area (Å²) >= 11 is 0. The smallest absolute Gasteiger partial charge is 0.244 e. The molecule has 0 fully saturated rings. The van der Waals surface area contributed by atoms with Crippen molar-refractivity contribution in [3.05, 3.63) is 54.0 Å². The lowest BCUT2D eigenvalue weighted by atomic mass is 10.1. The lowest BCUT2D eigenvalue weighted by molar-refractivity contribution is -0.118. The van der Waals surface area contributed by atoms with E-state index < -0.39 is 32.7 Å². The number of pyridine rings is 1. The number of hydrogen-bond acceptors (Lipinski definition) is 4. The summed E-state index contributed by atoms with van der Waals surface area (Å²) in [5.74, 6) is -1.47. The fourth-order valence-electron chi connectivity index (χ4n) is 2.19. The van der Waals surface area contributed by atoms with E-state index in [1.54, 1.807) is 32.2 Å². The monoisotopic (exact) mass is 365 g/mol. The quantitative estimate of drug-likeness (QED) is 0.823. The third-order valence-electron chi connectivity index (χ3n) is 3.52. The minimum atomic E-state index is -4.19. The molecule has 0 aliphatic rings. The van der Waals surface area contributed by atoms with Gasteiger partial charge in [-0.1, -0.05) is 26.0 Å². The summed E-state index contributed by atoms with van der Waals surface area (Å²) in [7, 11) is -4.19. The van der Waals surface area contributed by atoms with Crippen LogP contribution in [0.4, 0.5) is 10.2 Å². The predicted octanol–water partition coefficient (Wildman–Crippen LogP) is 2.47. The van der Waals surface area contributed by atoms with Crippen molar-refractivity contribution < 1.29 is 17.6 Å². The van der Waals surface area contributed by atoms with Crippen molar-refractivity contribution in [1.29, 1.82) is 0 Å². The van der Waals surface area contributed by atoms with Gasteiger partial charge in [0.1, 0.15) is 22.6 Å². The average molecular weight is 365 g/mol. The van der Waals surface area contributed by atoms with Crippen LogP contribution in [0.25, 0.3) is 0 Å². The zero-order chi connectivity index (χ0) is 18.6. The van der Waals surface area contributed by atoms with Gasteiger partial charge in [0.15, 0.2) is 0 Å². The summed E-state index contributed by atoms with van der Waals surface area (Å²) in [6.07, 6.45) is 1.54. The molecule has 8 heteroatoms. The Morgan fingerprint density at radius 3 is 2.48 bits per heavy atom. The molecule has 25 heavy (non-hydrogen) atoms. The van der Waals surface area contributed by atoms with Gasteiger partial charge in [-0.05, 0) is 42.7 Å². The van der Waals surface area contributed by atoms with Crippen molar-refractivity contribution in [2.45, 2.75) is 31.7 Å². The molecule has 0 aliphatic heterocycles. The maximum absolute atomic E-state index is 13.8. The van der Waals surface area contributed by atoms with E-state index in [0.29, 0.717) is 5.82 Å². The molecule has 0 saturated carbocycles. The number of anilines is 1. The van der Waals surface area contributed by atoms with Gasteiger partial charge >= 0.3 is 0 Å². The summed E-state index contributed by atoms with van der Waals surface area (Å²) in [5, 5.41) is 2.58. The number of rotatable bonds is 6. The number of hydrogen-bond donors (Lipinski definition) is 2. The normalized spacial score (nSPS) is 12.8. The maximum Gasteiger partial charge on any atom is 0.244 e. The van der Waals surface area contributed by atoms with Gasteiger partial charge in [-0.15, -0.1) is 0 Å². The van der Waals surface area contributed by atoms with Gasteiger partial charge in [-0.2, -0.15) is 4.72 Å². The number of amides is 1. The molecule has 1 aromatic heterocycles. The molecule has 6 nitrogen and oxygen atoms in total. The summed E-state index contributed by atoms with van der Waals surface area (Å²) in [6.45, 7) is 5.23. The Balaban J connectivity index is 2.23. The van der Waals surface area contributed by atoms with E-state index in [-0.39, 0.29) is 5.92 Å². The van der Waals surface area contributed by atoms with Crippen LogP contribution in [0, 0.1) is 18.7 Å². The Bertz CT molecular complexity index is 869. The molecule has 1 heterocycles. The standard InChI is InChI=1S/C17H20FN3O3S/c1-11(2)16(17(22)20-15-10-12(3)8-9-19-15)21-25(23,24)14-7-5-4-6-13(14)18/h4-11,16,21H,1-3H3,(H,19,20,22)/t16-/m0/s1.